The van der Waals surface area contributed by atoms with Crippen LogP contribution in [-0.4, -0.2) is 20.2 Å². The van der Waals surface area contributed by atoms with E-state index >= 15 is 0 Å². The van der Waals surface area contributed by atoms with Crippen LogP contribution in [-0.2, 0) is 6.54 Å². The highest BCUT2D eigenvalue weighted by Gasteiger charge is 2.14. The number of imidazole rings is 1. The Hall–Kier alpha value is -2.82. The van der Waals surface area contributed by atoms with Crippen LogP contribution in [0.2, 0.25) is 0 Å². The fraction of sp³-hybridized carbons (Fsp3) is 0.263. The molecule has 2 heterocycles. The van der Waals surface area contributed by atoms with Gasteiger partial charge in [0.15, 0.2) is 0 Å². The Morgan fingerprint density at radius 1 is 1.17 bits per heavy atom. The van der Waals surface area contributed by atoms with E-state index in [2.05, 4.69) is 24.1 Å². The third-order valence-electron chi connectivity index (χ3n) is 3.80. The number of aromatic nitrogens is 3. The van der Waals surface area contributed by atoms with Crippen molar-refractivity contribution in [3.05, 3.63) is 65.3 Å². The topological polar surface area (TPSA) is 51.9 Å². The summed E-state index contributed by atoms with van der Waals surface area (Å²) in [4.78, 5) is 17.1. The molecule has 0 saturated carbocycles. The summed E-state index contributed by atoms with van der Waals surface area (Å²) in [6, 6.07) is 13.9. The molecule has 2 aromatic heterocycles. The molecule has 124 valence electrons. The zero-order valence-electron chi connectivity index (χ0n) is 14.2. The van der Waals surface area contributed by atoms with E-state index in [1.807, 2.05) is 55.6 Å². The van der Waals surface area contributed by atoms with Crippen molar-refractivity contribution in [2.45, 2.75) is 33.4 Å². The van der Waals surface area contributed by atoms with Gasteiger partial charge in [0.25, 0.3) is 0 Å². The molecule has 0 aliphatic rings. The van der Waals surface area contributed by atoms with E-state index in [0.29, 0.717) is 12.6 Å². The molecular formula is C19H22N4O. The van der Waals surface area contributed by atoms with Gasteiger partial charge in [-0.05, 0) is 45.0 Å². The molecular weight excluding hydrogens is 300 g/mol. The summed E-state index contributed by atoms with van der Waals surface area (Å²) in [5.74, 6) is 0.804. The first-order chi connectivity index (χ1) is 11.6. The normalized spacial score (nSPS) is 11.0. The Labute approximate surface area is 141 Å². The van der Waals surface area contributed by atoms with Crippen LogP contribution in [0.4, 0.5) is 5.82 Å². The quantitative estimate of drug-likeness (QED) is 0.781. The average Bonchev–Trinajstić information content (AvgIpc) is 2.92. The Bertz CT molecular complexity index is 878. The number of hydrogen-bond acceptors (Lipinski definition) is 3. The molecule has 24 heavy (non-hydrogen) atoms. The maximum Gasteiger partial charge on any atom is 0.333 e. The van der Waals surface area contributed by atoms with Crippen LogP contribution in [0.15, 0.2) is 59.7 Å². The van der Waals surface area contributed by atoms with Crippen molar-refractivity contribution in [1.82, 2.24) is 14.1 Å². The summed E-state index contributed by atoms with van der Waals surface area (Å²) in [7, 11) is 0. The van der Waals surface area contributed by atoms with E-state index in [4.69, 9.17) is 0 Å². The molecule has 0 amide bonds. The van der Waals surface area contributed by atoms with Gasteiger partial charge in [0.1, 0.15) is 5.82 Å². The maximum atomic E-state index is 12.8. The molecule has 1 aromatic carbocycles. The number of pyridine rings is 1. The molecule has 0 radical (unpaired) electrons. The fourth-order valence-corrected chi connectivity index (χ4v) is 2.71. The van der Waals surface area contributed by atoms with Crippen LogP contribution < -0.4 is 11.0 Å². The molecule has 0 spiro atoms. The molecule has 0 atom stereocenters. The third kappa shape index (κ3) is 3.11. The van der Waals surface area contributed by atoms with Crippen LogP contribution in [0.25, 0.3) is 16.9 Å². The van der Waals surface area contributed by atoms with Gasteiger partial charge in [-0.25, -0.2) is 9.78 Å². The molecule has 0 unspecified atom stereocenters. The largest absolute Gasteiger partial charge is 0.368 e. The van der Waals surface area contributed by atoms with Gasteiger partial charge in [-0.1, -0.05) is 18.2 Å². The monoisotopic (exact) mass is 322 g/mol. The number of anilines is 1. The summed E-state index contributed by atoms with van der Waals surface area (Å²) >= 11 is 0. The lowest BCUT2D eigenvalue weighted by atomic mass is 10.2. The number of hydrogen-bond donors (Lipinski definition) is 1. The Morgan fingerprint density at radius 3 is 2.58 bits per heavy atom. The molecule has 0 bridgehead atoms. The van der Waals surface area contributed by atoms with Crippen molar-refractivity contribution in [3.8, 4) is 16.9 Å². The predicted octanol–water partition coefficient (Wildman–Crippen LogP) is 3.54. The molecule has 0 aliphatic carbocycles. The lowest BCUT2D eigenvalue weighted by molar-refractivity contribution is 0.714. The molecule has 0 aliphatic heterocycles. The van der Waals surface area contributed by atoms with Crippen LogP contribution in [0.3, 0.4) is 0 Å². The highest BCUT2D eigenvalue weighted by Crippen LogP contribution is 2.23. The molecule has 3 rings (SSSR count). The van der Waals surface area contributed by atoms with E-state index in [-0.39, 0.29) is 5.69 Å². The number of benzene rings is 1. The molecule has 3 aromatic rings. The Balaban J connectivity index is 2.16. The van der Waals surface area contributed by atoms with Gasteiger partial charge < -0.3 is 5.32 Å². The summed E-state index contributed by atoms with van der Waals surface area (Å²) in [5.41, 5.74) is 2.65. The summed E-state index contributed by atoms with van der Waals surface area (Å²) in [6.45, 7) is 6.75. The predicted molar refractivity (Wildman–Crippen MR) is 97.7 cm³/mol. The smallest absolute Gasteiger partial charge is 0.333 e. The van der Waals surface area contributed by atoms with E-state index in [9.17, 15) is 4.79 Å². The van der Waals surface area contributed by atoms with Crippen molar-refractivity contribution in [2.24, 2.45) is 0 Å². The van der Waals surface area contributed by atoms with Gasteiger partial charge in [0, 0.05) is 30.5 Å². The number of nitrogens with one attached hydrogen (secondary N) is 1. The van der Waals surface area contributed by atoms with Gasteiger partial charge in [0.05, 0.1) is 11.4 Å². The van der Waals surface area contributed by atoms with Crippen LogP contribution in [0.5, 0.6) is 0 Å². The lowest BCUT2D eigenvalue weighted by Gasteiger charge is -2.11. The third-order valence-corrected chi connectivity index (χ3v) is 3.80. The average molecular weight is 322 g/mol. The summed E-state index contributed by atoms with van der Waals surface area (Å²) < 4.78 is 3.47. The SMILES string of the molecule is CCn1cc(-c2ccnc(NC(C)C)c2)n(-c2ccccc2)c1=O. The minimum Gasteiger partial charge on any atom is -0.368 e. The van der Waals surface area contributed by atoms with Crippen molar-refractivity contribution >= 4 is 5.82 Å². The zero-order chi connectivity index (χ0) is 17.1. The standard InChI is InChI=1S/C19H22N4O/c1-4-22-13-17(15-10-11-20-18(12-15)21-14(2)3)23(19(22)24)16-8-6-5-7-9-16/h5-14H,4H2,1-3H3,(H,20,21). The first-order valence-electron chi connectivity index (χ1n) is 8.20. The second-order valence-electron chi connectivity index (χ2n) is 5.98. The number of para-hydroxylation sites is 1. The number of nitrogens with zero attached hydrogens (tertiary/aromatic N) is 3. The van der Waals surface area contributed by atoms with Crippen LogP contribution in [0.1, 0.15) is 20.8 Å². The van der Waals surface area contributed by atoms with Crippen molar-refractivity contribution in [3.63, 3.8) is 0 Å². The highest BCUT2D eigenvalue weighted by atomic mass is 16.1. The second kappa shape index (κ2) is 6.74. The van der Waals surface area contributed by atoms with Gasteiger partial charge in [-0.2, -0.15) is 0 Å². The van der Waals surface area contributed by atoms with Gasteiger partial charge in [-0.3, -0.25) is 9.13 Å². The van der Waals surface area contributed by atoms with Crippen LogP contribution >= 0.6 is 0 Å². The molecule has 5 nitrogen and oxygen atoms in total. The van der Waals surface area contributed by atoms with Crippen molar-refractivity contribution in [2.75, 3.05) is 5.32 Å². The van der Waals surface area contributed by atoms with Gasteiger partial charge >= 0.3 is 5.69 Å². The minimum atomic E-state index is -0.0334. The van der Waals surface area contributed by atoms with E-state index in [1.165, 1.54) is 0 Å². The molecule has 0 fully saturated rings. The van der Waals surface area contributed by atoms with E-state index in [0.717, 1.165) is 22.8 Å². The van der Waals surface area contributed by atoms with Crippen molar-refractivity contribution < 1.29 is 0 Å². The molecule has 1 N–H and O–H groups in total. The zero-order valence-corrected chi connectivity index (χ0v) is 14.2. The fourth-order valence-electron chi connectivity index (χ4n) is 2.71. The summed E-state index contributed by atoms with van der Waals surface area (Å²) in [5, 5.41) is 3.30. The Kier molecular flexibility index (Phi) is 4.51. The Morgan fingerprint density at radius 2 is 1.92 bits per heavy atom. The highest BCUT2D eigenvalue weighted by molar-refractivity contribution is 5.65. The number of rotatable bonds is 5. The van der Waals surface area contributed by atoms with Gasteiger partial charge in [-0.15, -0.1) is 0 Å². The first-order valence-corrected chi connectivity index (χ1v) is 8.20. The number of aryl methyl sites for hydroxylation is 1. The lowest BCUT2D eigenvalue weighted by Crippen LogP contribution is -2.22. The molecule has 0 saturated heterocycles. The van der Waals surface area contributed by atoms with Crippen molar-refractivity contribution in [1.29, 1.82) is 0 Å². The van der Waals surface area contributed by atoms with Gasteiger partial charge in [0.2, 0.25) is 0 Å². The minimum absolute atomic E-state index is 0.0334. The summed E-state index contributed by atoms with van der Waals surface area (Å²) in [6.07, 6.45) is 3.67. The van der Waals surface area contributed by atoms with E-state index < -0.39 is 0 Å². The second-order valence-corrected chi connectivity index (χ2v) is 5.98. The maximum absolute atomic E-state index is 12.8. The first kappa shape index (κ1) is 16.1. The van der Waals surface area contributed by atoms with E-state index in [1.54, 1.807) is 15.3 Å². The van der Waals surface area contributed by atoms with Crippen LogP contribution in [0, 0.1) is 0 Å². The molecule has 5 heteroatoms.